The molecule has 0 aliphatic rings. The average Bonchev–Trinajstić information content (AvgIpc) is 2.79. The quantitative estimate of drug-likeness (QED) is 0.757. The van der Waals surface area contributed by atoms with Gasteiger partial charge in [0.25, 0.3) is 0 Å². The van der Waals surface area contributed by atoms with Gasteiger partial charge in [-0.25, -0.2) is 4.68 Å². The molecule has 0 fully saturated rings. The zero-order chi connectivity index (χ0) is 14.4. The third-order valence-corrected chi connectivity index (χ3v) is 3.11. The molecule has 0 unspecified atom stereocenters. The van der Waals surface area contributed by atoms with E-state index in [1.165, 1.54) is 5.56 Å². The Kier molecular flexibility index (Phi) is 4.72. The Balaban J connectivity index is 1.72. The fraction of sp³-hybridized carbons (Fsp3) is 0.400. The molecule has 0 atom stereocenters. The zero-order valence-corrected chi connectivity index (χ0v) is 11.8. The highest BCUT2D eigenvalue weighted by atomic mass is 16.5. The van der Waals surface area contributed by atoms with Gasteiger partial charge in [-0.1, -0.05) is 17.3 Å². The van der Waals surface area contributed by atoms with E-state index in [0.29, 0.717) is 12.3 Å². The molecule has 0 aliphatic heterocycles. The lowest BCUT2D eigenvalue weighted by molar-refractivity contribution is 0.301. The first kappa shape index (κ1) is 14.1. The summed E-state index contributed by atoms with van der Waals surface area (Å²) >= 11 is 0. The second kappa shape index (κ2) is 6.71. The Bertz CT molecular complexity index is 613. The van der Waals surface area contributed by atoms with Gasteiger partial charge in [0, 0.05) is 6.54 Å². The summed E-state index contributed by atoms with van der Waals surface area (Å²) in [6.45, 7) is 5.36. The van der Waals surface area contributed by atoms with E-state index >= 15 is 0 Å². The highest BCUT2D eigenvalue weighted by Crippen LogP contribution is 2.13. The van der Waals surface area contributed by atoms with Gasteiger partial charge >= 0.3 is 0 Å². The summed E-state index contributed by atoms with van der Waals surface area (Å²) in [6.07, 6.45) is 1.88. The minimum Gasteiger partial charge on any atom is -0.494 e. The number of hydrogen-bond acceptors (Lipinski definition) is 4. The molecule has 0 spiro atoms. The van der Waals surface area contributed by atoms with Crippen molar-refractivity contribution in [3.05, 3.63) is 41.2 Å². The predicted molar refractivity (Wildman–Crippen MR) is 75.4 cm³/mol. The number of nitrogens with zero attached hydrogens (tertiary/aromatic N) is 4. The summed E-state index contributed by atoms with van der Waals surface area (Å²) < 4.78 is 7.45. The molecule has 0 N–H and O–H groups in total. The van der Waals surface area contributed by atoms with E-state index in [2.05, 4.69) is 10.3 Å². The van der Waals surface area contributed by atoms with E-state index in [-0.39, 0.29) is 0 Å². The summed E-state index contributed by atoms with van der Waals surface area (Å²) in [5.41, 5.74) is 2.43. The topological polar surface area (TPSA) is 63.7 Å². The fourth-order valence-corrected chi connectivity index (χ4v) is 1.93. The zero-order valence-electron chi connectivity index (χ0n) is 11.8. The molecule has 0 amide bonds. The molecule has 5 heteroatoms. The van der Waals surface area contributed by atoms with Gasteiger partial charge in [-0.15, -0.1) is 5.10 Å². The Morgan fingerprint density at radius 1 is 1.30 bits per heavy atom. The van der Waals surface area contributed by atoms with Crippen LogP contribution in [0.25, 0.3) is 0 Å². The van der Waals surface area contributed by atoms with E-state index in [9.17, 15) is 0 Å². The molecule has 1 aromatic carbocycles. The minimum atomic E-state index is 0.404. The number of unbranched alkanes of at least 4 members (excludes halogenated alkanes) is 1. The van der Waals surface area contributed by atoms with Gasteiger partial charge in [0.05, 0.1) is 12.3 Å². The number of rotatable bonds is 6. The van der Waals surface area contributed by atoms with Crippen LogP contribution in [0.5, 0.6) is 5.75 Å². The van der Waals surface area contributed by atoms with E-state index in [1.807, 2.05) is 44.2 Å². The number of ether oxygens (including phenoxy) is 1. The molecular formula is C15H18N4O. The molecular weight excluding hydrogens is 252 g/mol. The SMILES string of the molecule is Cc1cccc(OCCCCn2nnc(C#N)c2C)c1. The van der Waals surface area contributed by atoms with Crippen LogP contribution in [0.2, 0.25) is 0 Å². The standard InChI is InChI=1S/C15H18N4O/c1-12-6-5-7-14(10-12)20-9-4-3-8-19-13(2)15(11-16)17-18-19/h5-7,10H,3-4,8-9H2,1-2H3. The number of aryl methyl sites for hydroxylation is 2. The first-order valence-electron chi connectivity index (χ1n) is 6.70. The molecule has 20 heavy (non-hydrogen) atoms. The second-order valence-corrected chi connectivity index (χ2v) is 4.73. The summed E-state index contributed by atoms with van der Waals surface area (Å²) in [4.78, 5) is 0. The summed E-state index contributed by atoms with van der Waals surface area (Å²) in [5.74, 6) is 0.911. The van der Waals surface area contributed by atoms with Crippen molar-refractivity contribution in [1.29, 1.82) is 5.26 Å². The molecule has 2 rings (SSSR count). The number of nitriles is 1. The second-order valence-electron chi connectivity index (χ2n) is 4.73. The lowest BCUT2D eigenvalue weighted by Gasteiger charge is -2.07. The molecule has 0 saturated heterocycles. The fourth-order valence-electron chi connectivity index (χ4n) is 1.93. The maximum atomic E-state index is 8.80. The van der Waals surface area contributed by atoms with Crippen LogP contribution < -0.4 is 4.74 Å². The largest absolute Gasteiger partial charge is 0.494 e. The van der Waals surface area contributed by atoms with E-state index < -0.39 is 0 Å². The van der Waals surface area contributed by atoms with Gasteiger partial charge in [-0.2, -0.15) is 5.26 Å². The Morgan fingerprint density at radius 3 is 2.85 bits per heavy atom. The van der Waals surface area contributed by atoms with E-state index in [1.54, 1.807) is 4.68 Å². The lowest BCUT2D eigenvalue weighted by Crippen LogP contribution is -2.05. The number of benzene rings is 1. The van der Waals surface area contributed by atoms with Crippen molar-refractivity contribution >= 4 is 0 Å². The first-order valence-corrected chi connectivity index (χ1v) is 6.70. The predicted octanol–water partition coefficient (Wildman–Crippen LogP) is 2.63. The van der Waals surface area contributed by atoms with E-state index in [4.69, 9.17) is 10.00 Å². The molecule has 104 valence electrons. The van der Waals surface area contributed by atoms with Gasteiger partial charge in [0.2, 0.25) is 0 Å². The van der Waals surface area contributed by atoms with Crippen LogP contribution in [0.15, 0.2) is 24.3 Å². The van der Waals surface area contributed by atoms with Crippen LogP contribution in [0.1, 0.15) is 29.8 Å². The van der Waals surface area contributed by atoms with Gasteiger partial charge in [-0.05, 0) is 44.4 Å². The lowest BCUT2D eigenvalue weighted by atomic mass is 10.2. The molecule has 2 aromatic rings. The van der Waals surface area contributed by atoms with Crippen molar-refractivity contribution in [3.8, 4) is 11.8 Å². The molecule has 5 nitrogen and oxygen atoms in total. The summed E-state index contributed by atoms with van der Waals surface area (Å²) in [7, 11) is 0. The molecule has 1 aromatic heterocycles. The third-order valence-electron chi connectivity index (χ3n) is 3.11. The van der Waals surface area contributed by atoms with Gasteiger partial charge in [-0.3, -0.25) is 0 Å². The van der Waals surface area contributed by atoms with Gasteiger partial charge < -0.3 is 4.74 Å². The smallest absolute Gasteiger partial charge is 0.185 e. The average molecular weight is 270 g/mol. The molecule has 0 bridgehead atoms. The maximum Gasteiger partial charge on any atom is 0.185 e. The maximum absolute atomic E-state index is 8.80. The van der Waals surface area contributed by atoms with Crippen LogP contribution >= 0.6 is 0 Å². The van der Waals surface area contributed by atoms with E-state index in [0.717, 1.165) is 30.8 Å². The van der Waals surface area contributed by atoms with Crippen molar-refractivity contribution in [2.45, 2.75) is 33.2 Å². The van der Waals surface area contributed by atoms with Crippen molar-refractivity contribution < 1.29 is 4.74 Å². The normalized spacial score (nSPS) is 10.2. The molecule has 0 aliphatic carbocycles. The van der Waals surface area contributed by atoms with Crippen LogP contribution in [-0.4, -0.2) is 21.6 Å². The van der Waals surface area contributed by atoms with Gasteiger partial charge in [0.1, 0.15) is 11.8 Å². The Labute approximate surface area is 118 Å². The third kappa shape index (κ3) is 3.58. The van der Waals surface area contributed by atoms with Crippen molar-refractivity contribution in [2.24, 2.45) is 0 Å². The molecule has 0 radical (unpaired) electrons. The highest BCUT2D eigenvalue weighted by molar-refractivity contribution is 5.27. The first-order chi connectivity index (χ1) is 9.70. The van der Waals surface area contributed by atoms with Crippen LogP contribution in [0.3, 0.4) is 0 Å². The van der Waals surface area contributed by atoms with Crippen molar-refractivity contribution in [3.63, 3.8) is 0 Å². The molecule has 0 saturated carbocycles. The number of aromatic nitrogens is 3. The van der Waals surface area contributed by atoms with Gasteiger partial charge in [0.15, 0.2) is 5.69 Å². The Morgan fingerprint density at radius 2 is 2.15 bits per heavy atom. The summed E-state index contributed by atoms with van der Waals surface area (Å²) in [6, 6.07) is 10.1. The summed E-state index contributed by atoms with van der Waals surface area (Å²) in [5, 5.41) is 16.6. The molecule has 1 heterocycles. The van der Waals surface area contributed by atoms with Crippen molar-refractivity contribution in [1.82, 2.24) is 15.0 Å². The monoisotopic (exact) mass is 270 g/mol. The Hall–Kier alpha value is -2.35. The van der Waals surface area contributed by atoms with Crippen molar-refractivity contribution in [2.75, 3.05) is 6.61 Å². The highest BCUT2D eigenvalue weighted by Gasteiger charge is 2.06. The van der Waals surface area contributed by atoms with Crippen LogP contribution in [-0.2, 0) is 6.54 Å². The minimum absolute atomic E-state index is 0.404. The number of hydrogen-bond donors (Lipinski definition) is 0. The van der Waals surface area contributed by atoms with Crippen LogP contribution in [0, 0.1) is 25.2 Å². The van der Waals surface area contributed by atoms with Crippen LogP contribution in [0.4, 0.5) is 0 Å².